The number of rotatable bonds is 6. The standard InChI is InChI=1S/C27H28N4O3/c1-5-20-8-6-7-9-24(20)31-18(3)14-21(19(31)4)15-23-26(33)30(27(34)29-23)16-25(32)28-22-12-10-17(2)11-13-22/h6-15H,5,16H2,1-4H3,(H,28,32)(H,29,34)/b23-15-. The van der Waals surface area contributed by atoms with Crippen molar-refractivity contribution in [2.75, 3.05) is 11.9 Å². The number of carbonyl (C=O) groups excluding carboxylic acids is 3. The molecular weight excluding hydrogens is 428 g/mol. The van der Waals surface area contributed by atoms with Crippen LogP contribution in [0, 0.1) is 20.8 Å². The number of hydrogen-bond acceptors (Lipinski definition) is 3. The van der Waals surface area contributed by atoms with Crippen LogP contribution in [0.4, 0.5) is 10.5 Å². The Labute approximate surface area is 199 Å². The first-order chi connectivity index (χ1) is 16.3. The smallest absolute Gasteiger partial charge is 0.325 e. The molecule has 1 aliphatic rings. The summed E-state index contributed by atoms with van der Waals surface area (Å²) in [7, 11) is 0. The molecule has 174 valence electrons. The molecule has 2 aromatic carbocycles. The maximum atomic E-state index is 12.9. The SMILES string of the molecule is CCc1ccccc1-n1c(C)cc(/C=C2\NC(=O)N(CC(=O)Nc3ccc(C)cc3)C2=O)c1C. The molecule has 0 atom stereocenters. The van der Waals surface area contributed by atoms with Crippen molar-refractivity contribution in [3.63, 3.8) is 0 Å². The number of nitrogens with zero attached hydrogens (tertiary/aromatic N) is 2. The normalized spacial score (nSPS) is 14.6. The number of aryl methyl sites for hydroxylation is 3. The number of urea groups is 1. The van der Waals surface area contributed by atoms with E-state index in [1.54, 1.807) is 18.2 Å². The Balaban J connectivity index is 1.54. The summed E-state index contributed by atoms with van der Waals surface area (Å²) in [5.74, 6) is -0.967. The molecule has 0 spiro atoms. The number of nitrogens with one attached hydrogen (secondary N) is 2. The monoisotopic (exact) mass is 456 g/mol. The number of anilines is 1. The van der Waals surface area contributed by atoms with Gasteiger partial charge in [-0.3, -0.25) is 9.59 Å². The summed E-state index contributed by atoms with van der Waals surface area (Å²) in [5, 5.41) is 5.32. The van der Waals surface area contributed by atoms with E-state index in [1.165, 1.54) is 5.56 Å². The topological polar surface area (TPSA) is 83.4 Å². The Morgan fingerprint density at radius 1 is 1.03 bits per heavy atom. The molecule has 0 unspecified atom stereocenters. The minimum atomic E-state index is -0.611. The van der Waals surface area contributed by atoms with Gasteiger partial charge in [0.2, 0.25) is 5.91 Å². The van der Waals surface area contributed by atoms with Crippen molar-refractivity contribution in [2.45, 2.75) is 34.1 Å². The summed E-state index contributed by atoms with van der Waals surface area (Å²) in [5.41, 5.74) is 6.97. The van der Waals surface area contributed by atoms with Gasteiger partial charge < -0.3 is 15.2 Å². The van der Waals surface area contributed by atoms with E-state index < -0.39 is 17.8 Å². The van der Waals surface area contributed by atoms with Crippen LogP contribution in [0.1, 0.15) is 35.0 Å². The highest BCUT2D eigenvalue weighted by Gasteiger charge is 2.35. The molecule has 7 nitrogen and oxygen atoms in total. The molecular formula is C27H28N4O3. The van der Waals surface area contributed by atoms with Crippen molar-refractivity contribution in [1.82, 2.24) is 14.8 Å². The minimum Gasteiger partial charge on any atom is -0.325 e. The van der Waals surface area contributed by atoms with Gasteiger partial charge in [0.25, 0.3) is 5.91 Å². The van der Waals surface area contributed by atoms with E-state index in [2.05, 4.69) is 34.3 Å². The van der Waals surface area contributed by atoms with Crippen LogP contribution in [-0.4, -0.2) is 33.9 Å². The maximum absolute atomic E-state index is 12.9. The fraction of sp³-hybridized carbons (Fsp3) is 0.222. The van der Waals surface area contributed by atoms with Gasteiger partial charge in [0.05, 0.1) is 0 Å². The molecule has 1 saturated heterocycles. The first-order valence-electron chi connectivity index (χ1n) is 11.3. The second-order valence-corrected chi connectivity index (χ2v) is 8.44. The number of benzene rings is 2. The maximum Gasteiger partial charge on any atom is 0.329 e. The average Bonchev–Trinajstić information content (AvgIpc) is 3.24. The molecule has 0 bridgehead atoms. The van der Waals surface area contributed by atoms with Crippen LogP contribution >= 0.6 is 0 Å². The zero-order chi connectivity index (χ0) is 24.4. The first kappa shape index (κ1) is 23.0. The summed E-state index contributed by atoms with van der Waals surface area (Å²) in [6, 6.07) is 16.9. The molecule has 3 aromatic rings. The van der Waals surface area contributed by atoms with Crippen LogP contribution < -0.4 is 10.6 Å². The predicted molar refractivity (Wildman–Crippen MR) is 133 cm³/mol. The molecule has 2 heterocycles. The molecule has 1 aromatic heterocycles. The van der Waals surface area contributed by atoms with Gasteiger partial charge in [-0.25, -0.2) is 9.69 Å². The number of hydrogen-bond donors (Lipinski definition) is 2. The number of aromatic nitrogens is 1. The lowest BCUT2D eigenvalue weighted by Gasteiger charge is -2.14. The van der Waals surface area contributed by atoms with Gasteiger partial charge in [-0.15, -0.1) is 0 Å². The van der Waals surface area contributed by atoms with Crippen LogP contribution in [0.3, 0.4) is 0 Å². The molecule has 4 amide bonds. The van der Waals surface area contributed by atoms with E-state index in [9.17, 15) is 14.4 Å². The molecule has 1 aliphatic heterocycles. The quantitative estimate of drug-likeness (QED) is 0.423. The van der Waals surface area contributed by atoms with Crippen LogP contribution in [-0.2, 0) is 16.0 Å². The fourth-order valence-corrected chi connectivity index (χ4v) is 4.18. The zero-order valence-corrected chi connectivity index (χ0v) is 19.8. The van der Waals surface area contributed by atoms with E-state index in [-0.39, 0.29) is 12.2 Å². The predicted octanol–water partition coefficient (Wildman–Crippen LogP) is 4.50. The van der Waals surface area contributed by atoms with Crippen LogP contribution in [0.2, 0.25) is 0 Å². The van der Waals surface area contributed by atoms with Crippen molar-refractivity contribution in [3.8, 4) is 5.69 Å². The first-order valence-corrected chi connectivity index (χ1v) is 11.3. The van der Waals surface area contributed by atoms with E-state index in [0.29, 0.717) is 5.69 Å². The van der Waals surface area contributed by atoms with Gasteiger partial charge >= 0.3 is 6.03 Å². The van der Waals surface area contributed by atoms with Gasteiger partial charge in [0.15, 0.2) is 0 Å². The zero-order valence-electron chi connectivity index (χ0n) is 19.8. The van der Waals surface area contributed by atoms with Crippen LogP contribution in [0.25, 0.3) is 11.8 Å². The lowest BCUT2D eigenvalue weighted by Crippen LogP contribution is -2.38. The molecule has 4 rings (SSSR count). The molecule has 1 fully saturated rings. The third-order valence-corrected chi connectivity index (χ3v) is 5.98. The van der Waals surface area contributed by atoms with Crippen molar-refractivity contribution in [3.05, 3.63) is 88.4 Å². The highest BCUT2D eigenvalue weighted by molar-refractivity contribution is 6.16. The summed E-state index contributed by atoms with van der Waals surface area (Å²) in [6.45, 7) is 7.70. The summed E-state index contributed by atoms with van der Waals surface area (Å²) in [6.07, 6.45) is 2.57. The molecule has 0 aliphatic carbocycles. The largest absolute Gasteiger partial charge is 0.329 e. The Bertz CT molecular complexity index is 1300. The van der Waals surface area contributed by atoms with Crippen LogP contribution in [0.5, 0.6) is 0 Å². The van der Waals surface area contributed by atoms with Gasteiger partial charge in [0, 0.05) is 22.8 Å². The van der Waals surface area contributed by atoms with Crippen molar-refractivity contribution >= 4 is 29.6 Å². The van der Waals surface area contributed by atoms with E-state index in [0.717, 1.165) is 39.5 Å². The number of amides is 4. The summed E-state index contributed by atoms with van der Waals surface area (Å²) < 4.78 is 2.15. The Morgan fingerprint density at radius 2 is 1.74 bits per heavy atom. The van der Waals surface area contributed by atoms with Crippen molar-refractivity contribution < 1.29 is 14.4 Å². The minimum absolute atomic E-state index is 0.150. The van der Waals surface area contributed by atoms with Gasteiger partial charge in [-0.05, 0) is 68.7 Å². The summed E-state index contributed by atoms with van der Waals surface area (Å²) >= 11 is 0. The number of para-hydroxylation sites is 1. The second kappa shape index (κ2) is 9.39. The Kier molecular flexibility index (Phi) is 6.36. The highest BCUT2D eigenvalue weighted by Crippen LogP contribution is 2.26. The number of imide groups is 1. The third-order valence-electron chi connectivity index (χ3n) is 5.98. The van der Waals surface area contributed by atoms with Gasteiger partial charge in [0.1, 0.15) is 12.2 Å². The molecule has 0 saturated carbocycles. The molecule has 2 N–H and O–H groups in total. The van der Waals surface area contributed by atoms with E-state index >= 15 is 0 Å². The fourth-order valence-electron chi connectivity index (χ4n) is 4.18. The van der Waals surface area contributed by atoms with Gasteiger partial charge in [-0.1, -0.05) is 42.8 Å². The van der Waals surface area contributed by atoms with Crippen molar-refractivity contribution in [2.24, 2.45) is 0 Å². The van der Waals surface area contributed by atoms with E-state index in [1.807, 2.05) is 51.1 Å². The molecule has 34 heavy (non-hydrogen) atoms. The number of carbonyl (C=O) groups is 3. The average molecular weight is 457 g/mol. The molecule has 0 radical (unpaired) electrons. The van der Waals surface area contributed by atoms with E-state index in [4.69, 9.17) is 0 Å². The lowest BCUT2D eigenvalue weighted by molar-refractivity contribution is -0.127. The Morgan fingerprint density at radius 3 is 2.44 bits per heavy atom. The third kappa shape index (κ3) is 4.50. The van der Waals surface area contributed by atoms with Crippen molar-refractivity contribution in [1.29, 1.82) is 0 Å². The molecule has 7 heteroatoms. The van der Waals surface area contributed by atoms with Crippen LogP contribution in [0.15, 0.2) is 60.3 Å². The Hall–Kier alpha value is -4.13. The highest BCUT2D eigenvalue weighted by atomic mass is 16.2. The summed E-state index contributed by atoms with van der Waals surface area (Å²) in [4.78, 5) is 38.7. The lowest BCUT2D eigenvalue weighted by atomic mass is 10.1. The second-order valence-electron chi connectivity index (χ2n) is 8.44. The van der Waals surface area contributed by atoms with Gasteiger partial charge in [-0.2, -0.15) is 0 Å².